The molecule has 6 heteroatoms. The number of carbonyl (C=O) groups excluding carboxylic acids is 1. The molecule has 0 bridgehead atoms. The van der Waals surface area contributed by atoms with Crippen LogP contribution in [0.3, 0.4) is 0 Å². The van der Waals surface area contributed by atoms with Crippen molar-refractivity contribution in [3.63, 3.8) is 0 Å². The minimum atomic E-state index is -0.789. The standard InChI is InChI=1S/C22H20F2N2OS/c1-3-6-16-10-9-15-7-4-5-8-19(15)22(16)26(14(2)27)25-21(28-22)18-13-17(23)11-12-20(18)24/h3-5,7-8,11-13,16H,1,6,9-10H2,2H3. The van der Waals surface area contributed by atoms with Gasteiger partial charge in [-0.1, -0.05) is 42.1 Å². The summed E-state index contributed by atoms with van der Waals surface area (Å²) in [5.74, 6) is -1.27. The highest BCUT2D eigenvalue weighted by Gasteiger charge is 2.55. The lowest BCUT2D eigenvalue weighted by Gasteiger charge is -2.45. The molecule has 3 nitrogen and oxygen atoms in total. The topological polar surface area (TPSA) is 32.7 Å². The average molecular weight is 398 g/mol. The van der Waals surface area contributed by atoms with Crippen molar-refractivity contribution in [3.05, 3.63) is 83.4 Å². The zero-order valence-electron chi connectivity index (χ0n) is 15.5. The van der Waals surface area contributed by atoms with E-state index in [-0.39, 0.29) is 17.4 Å². The Morgan fingerprint density at radius 2 is 2.14 bits per heavy atom. The zero-order valence-corrected chi connectivity index (χ0v) is 16.3. The van der Waals surface area contributed by atoms with Crippen LogP contribution in [0.15, 0.2) is 60.2 Å². The molecule has 2 aromatic rings. The van der Waals surface area contributed by atoms with E-state index in [9.17, 15) is 13.6 Å². The molecule has 0 radical (unpaired) electrons. The maximum absolute atomic E-state index is 14.5. The monoisotopic (exact) mass is 398 g/mol. The molecule has 28 heavy (non-hydrogen) atoms. The van der Waals surface area contributed by atoms with Gasteiger partial charge in [0.25, 0.3) is 0 Å². The Bertz CT molecular complexity index is 990. The van der Waals surface area contributed by atoms with E-state index in [4.69, 9.17) is 0 Å². The van der Waals surface area contributed by atoms with E-state index in [1.807, 2.05) is 24.3 Å². The third-order valence-corrected chi connectivity index (χ3v) is 6.92. The average Bonchev–Trinajstić information content (AvgIpc) is 3.08. The van der Waals surface area contributed by atoms with E-state index >= 15 is 0 Å². The van der Waals surface area contributed by atoms with E-state index in [1.165, 1.54) is 23.7 Å². The number of amides is 1. The lowest BCUT2D eigenvalue weighted by Crippen LogP contribution is -2.48. The molecule has 2 unspecified atom stereocenters. The van der Waals surface area contributed by atoms with E-state index < -0.39 is 16.5 Å². The minimum Gasteiger partial charge on any atom is -0.273 e. The summed E-state index contributed by atoms with van der Waals surface area (Å²) in [5, 5.41) is 6.27. The van der Waals surface area contributed by atoms with Gasteiger partial charge in [0.2, 0.25) is 5.91 Å². The molecule has 0 N–H and O–H groups in total. The van der Waals surface area contributed by atoms with Gasteiger partial charge in [-0.05, 0) is 48.6 Å². The number of hydrogen-bond acceptors (Lipinski definition) is 3. The smallest absolute Gasteiger partial charge is 0.241 e. The first-order valence-electron chi connectivity index (χ1n) is 9.20. The Labute approximate surface area is 167 Å². The van der Waals surface area contributed by atoms with Crippen LogP contribution in [-0.4, -0.2) is 16.0 Å². The van der Waals surface area contributed by atoms with Crippen molar-refractivity contribution in [2.24, 2.45) is 11.0 Å². The summed E-state index contributed by atoms with van der Waals surface area (Å²) in [6.07, 6.45) is 4.29. The van der Waals surface area contributed by atoms with Crippen LogP contribution in [0.4, 0.5) is 8.78 Å². The molecular weight excluding hydrogens is 378 g/mol. The number of carbonyl (C=O) groups is 1. The number of aryl methyl sites for hydroxylation is 1. The van der Waals surface area contributed by atoms with Crippen molar-refractivity contribution >= 4 is 22.7 Å². The number of thioether (sulfide) groups is 1. The maximum atomic E-state index is 14.5. The number of halogens is 2. The second kappa shape index (κ2) is 7.17. The Balaban J connectivity index is 1.90. The van der Waals surface area contributed by atoms with Gasteiger partial charge in [-0.2, -0.15) is 5.10 Å². The molecule has 2 atom stereocenters. The molecular formula is C22H20F2N2OS. The fourth-order valence-corrected chi connectivity index (χ4v) is 5.82. The lowest BCUT2D eigenvalue weighted by atomic mass is 9.77. The highest BCUT2D eigenvalue weighted by molar-refractivity contribution is 8.15. The van der Waals surface area contributed by atoms with E-state index in [0.29, 0.717) is 11.5 Å². The van der Waals surface area contributed by atoms with Gasteiger partial charge >= 0.3 is 0 Å². The predicted octanol–water partition coefficient (Wildman–Crippen LogP) is 5.21. The summed E-state index contributed by atoms with van der Waals surface area (Å²) in [6, 6.07) is 11.3. The molecule has 0 aromatic heterocycles. The summed E-state index contributed by atoms with van der Waals surface area (Å²) in [6.45, 7) is 5.34. The fraction of sp³-hybridized carbons (Fsp3) is 0.273. The van der Waals surface area contributed by atoms with Crippen LogP contribution in [0.5, 0.6) is 0 Å². The molecule has 0 fully saturated rings. The Kier molecular flexibility index (Phi) is 4.83. The molecule has 2 aromatic carbocycles. The quantitative estimate of drug-likeness (QED) is 0.665. The number of allylic oxidation sites excluding steroid dienone is 1. The number of benzene rings is 2. The molecule has 1 amide bonds. The first-order chi connectivity index (χ1) is 13.5. The Hall–Kier alpha value is -2.47. The second-order valence-corrected chi connectivity index (χ2v) is 8.29. The second-order valence-electron chi connectivity index (χ2n) is 7.08. The molecule has 1 aliphatic carbocycles. The van der Waals surface area contributed by atoms with Crippen LogP contribution in [0.1, 0.15) is 36.5 Å². The van der Waals surface area contributed by atoms with E-state index in [2.05, 4.69) is 17.7 Å². The van der Waals surface area contributed by atoms with Crippen LogP contribution in [0.2, 0.25) is 0 Å². The first-order valence-corrected chi connectivity index (χ1v) is 10.0. The number of fused-ring (bicyclic) bond motifs is 2. The van der Waals surface area contributed by atoms with Crippen molar-refractivity contribution in [1.82, 2.24) is 5.01 Å². The van der Waals surface area contributed by atoms with Crippen molar-refractivity contribution < 1.29 is 13.6 Å². The van der Waals surface area contributed by atoms with Crippen molar-refractivity contribution in [3.8, 4) is 0 Å². The molecule has 0 saturated carbocycles. The van der Waals surface area contributed by atoms with Crippen LogP contribution < -0.4 is 0 Å². The third kappa shape index (κ3) is 2.87. The van der Waals surface area contributed by atoms with Gasteiger partial charge in [0.15, 0.2) is 0 Å². The van der Waals surface area contributed by atoms with Gasteiger partial charge in [-0.25, -0.2) is 13.8 Å². The molecule has 2 aliphatic rings. The highest BCUT2D eigenvalue weighted by Crippen LogP contribution is 2.57. The predicted molar refractivity (Wildman–Crippen MR) is 108 cm³/mol. The van der Waals surface area contributed by atoms with Gasteiger partial charge in [0.1, 0.15) is 21.5 Å². The minimum absolute atomic E-state index is 0.0617. The maximum Gasteiger partial charge on any atom is 0.241 e. The molecule has 1 aliphatic heterocycles. The first kappa shape index (κ1) is 18.9. The fourth-order valence-electron chi connectivity index (χ4n) is 4.19. The largest absolute Gasteiger partial charge is 0.273 e. The summed E-state index contributed by atoms with van der Waals surface area (Å²) in [7, 11) is 0. The molecule has 4 rings (SSSR count). The van der Waals surface area contributed by atoms with Gasteiger partial charge in [0.05, 0.1) is 0 Å². The van der Waals surface area contributed by atoms with Gasteiger partial charge < -0.3 is 0 Å². The van der Waals surface area contributed by atoms with Crippen molar-refractivity contribution in [2.75, 3.05) is 0 Å². The third-order valence-electron chi connectivity index (χ3n) is 5.38. The van der Waals surface area contributed by atoms with Crippen molar-refractivity contribution in [1.29, 1.82) is 0 Å². The van der Waals surface area contributed by atoms with Gasteiger partial charge in [0, 0.05) is 18.4 Å². The molecule has 1 heterocycles. The Morgan fingerprint density at radius 1 is 1.36 bits per heavy atom. The Morgan fingerprint density at radius 3 is 2.89 bits per heavy atom. The van der Waals surface area contributed by atoms with Crippen LogP contribution in [0, 0.1) is 17.6 Å². The summed E-state index contributed by atoms with van der Waals surface area (Å²) < 4.78 is 28.3. The zero-order chi connectivity index (χ0) is 19.9. The van der Waals surface area contributed by atoms with Gasteiger partial charge in [-0.3, -0.25) is 4.79 Å². The van der Waals surface area contributed by atoms with Crippen molar-refractivity contribution in [2.45, 2.75) is 31.1 Å². The van der Waals surface area contributed by atoms with Crippen LogP contribution in [-0.2, 0) is 16.1 Å². The van der Waals surface area contributed by atoms with E-state index in [1.54, 1.807) is 0 Å². The highest BCUT2D eigenvalue weighted by atomic mass is 32.2. The number of rotatable bonds is 3. The van der Waals surface area contributed by atoms with E-state index in [0.717, 1.165) is 42.2 Å². The SMILES string of the molecule is C=CCC1CCc2ccccc2C12SC(c1cc(F)ccc1F)=NN2C(C)=O. The molecule has 1 spiro atoms. The number of hydrazone groups is 1. The number of nitrogens with zero attached hydrogens (tertiary/aromatic N) is 2. The van der Waals surface area contributed by atoms with Crippen LogP contribution >= 0.6 is 11.8 Å². The van der Waals surface area contributed by atoms with Crippen LogP contribution in [0.25, 0.3) is 0 Å². The van der Waals surface area contributed by atoms with Gasteiger partial charge in [-0.15, -0.1) is 6.58 Å². The number of hydrogen-bond donors (Lipinski definition) is 0. The molecule has 144 valence electrons. The molecule has 0 saturated heterocycles. The lowest BCUT2D eigenvalue weighted by molar-refractivity contribution is -0.134. The summed E-state index contributed by atoms with van der Waals surface area (Å²) in [5.41, 5.74) is 2.23. The summed E-state index contributed by atoms with van der Waals surface area (Å²) in [4.78, 5) is 11.8. The summed E-state index contributed by atoms with van der Waals surface area (Å²) >= 11 is 1.34. The normalized spacial score (nSPS) is 23.5.